The maximum Gasteiger partial charge on any atom is 0.0560 e. The minimum Gasteiger partial charge on any atom is -0.323 e. The molecular weight excluding hydrogens is 346 g/mol. The van der Waals surface area contributed by atoms with Crippen molar-refractivity contribution in [3.63, 3.8) is 0 Å². The third-order valence-electron chi connectivity index (χ3n) is 3.52. The van der Waals surface area contributed by atoms with E-state index in [9.17, 15) is 4.21 Å². The van der Waals surface area contributed by atoms with Crippen LogP contribution in [0.2, 0.25) is 0 Å². The van der Waals surface area contributed by atoms with E-state index in [0.717, 1.165) is 14.9 Å². The molecule has 21 heavy (non-hydrogen) atoms. The van der Waals surface area contributed by atoms with Crippen molar-refractivity contribution in [3.05, 3.63) is 63.1 Å². The molecule has 0 radical (unpaired) electrons. The average molecular weight is 366 g/mol. The normalized spacial score (nSPS) is 14.0. The van der Waals surface area contributed by atoms with Crippen molar-refractivity contribution in [2.45, 2.75) is 31.7 Å². The van der Waals surface area contributed by atoms with E-state index in [1.807, 2.05) is 24.3 Å². The lowest BCUT2D eigenvalue weighted by molar-refractivity contribution is 0.674. The zero-order chi connectivity index (χ0) is 15.6. The van der Waals surface area contributed by atoms with Gasteiger partial charge in [0.05, 0.1) is 15.7 Å². The molecule has 112 valence electrons. The first-order valence-electron chi connectivity index (χ1n) is 6.86. The van der Waals surface area contributed by atoms with E-state index in [0.29, 0.717) is 5.75 Å². The van der Waals surface area contributed by atoms with Crippen LogP contribution in [-0.2, 0) is 10.8 Å². The molecule has 2 rings (SSSR count). The number of nitrogens with two attached hydrogens (primary N) is 1. The lowest BCUT2D eigenvalue weighted by Crippen LogP contribution is -2.20. The SMILES string of the molecule is Cc1cc(C)c(C(N)CS(=O)c2ccccc2Br)c(C)c1. The molecule has 0 fully saturated rings. The molecule has 0 heterocycles. The first kappa shape index (κ1) is 16.4. The molecule has 0 saturated carbocycles. The van der Waals surface area contributed by atoms with Crippen LogP contribution in [0.1, 0.15) is 28.3 Å². The lowest BCUT2D eigenvalue weighted by atomic mass is 9.95. The highest BCUT2D eigenvalue weighted by Gasteiger charge is 2.17. The number of benzene rings is 2. The summed E-state index contributed by atoms with van der Waals surface area (Å²) >= 11 is 3.45. The number of halogens is 1. The molecule has 0 amide bonds. The van der Waals surface area contributed by atoms with Crippen molar-refractivity contribution in [3.8, 4) is 0 Å². The van der Waals surface area contributed by atoms with E-state index in [4.69, 9.17) is 5.73 Å². The fourth-order valence-electron chi connectivity index (χ4n) is 2.74. The molecule has 0 saturated heterocycles. The number of aryl methyl sites for hydroxylation is 3. The maximum absolute atomic E-state index is 12.5. The van der Waals surface area contributed by atoms with Crippen molar-refractivity contribution in [1.29, 1.82) is 0 Å². The van der Waals surface area contributed by atoms with Gasteiger partial charge >= 0.3 is 0 Å². The predicted octanol–water partition coefficient (Wildman–Crippen LogP) is 4.18. The summed E-state index contributed by atoms with van der Waals surface area (Å²) in [5, 5.41) is 0. The number of hydrogen-bond acceptors (Lipinski definition) is 2. The van der Waals surface area contributed by atoms with Crippen LogP contribution in [0, 0.1) is 20.8 Å². The van der Waals surface area contributed by atoms with Crippen LogP contribution in [-0.4, -0.2) is 9.96 Å². The third-order valence-corrected chi connectivity index (χ3v) is 5.98. The topological polar surface area (TPSA) is 43.1 Å². The molecule has 0 aliphatic carbocycles. The number of hydrogen-bond donors (Lipinski definition) is 1. The van der Waals surface area contributed by atoms with Crippen molar-refractivity contribution < 1.29 is 4.21 Å². The quantitative estimate of drug-likeness (QED) is 0.882. The van der Waals surface area contributed by atoms with E-state index in [1.165, 1.54) is 16.7 Å². The van der Waals surface area contributed by atoms with E-state index >= 15 is 0 Å². The molecule has 0 aromatic heterocycles. The Labute approximate surface area is 137 Å². The smallest absolute Gasteiger partial charge is 0.0560 e. The Morgan fingerprint density at radius 2 is 1.71 bits per heavy atom. The summed E-state index contributed by atoms with van der Waals surface area (Å²) in [6, 6.07) is 11.6. The molecule has 2 nitrogen and oxygen atoms in total. The average Bonchev–Trinajstić information content (AvgIpc) is 2.37. The summed E-state index contributed by atoms with van der Waals surface area (Å²) in [5.74, 6) is 0.424. The highest BCUT2D eigenvalue weighted by atomic mass is 79.9. The zero-order valence-corrected chi connectivity index (χ0v) is 14.9. The molecule has 2 unspecified atom stereocenters. The molecule has 0 bridgehead atoms. The Hall–Kier alpha value is -0.970. The van der Waals surface area contributed by atoms with Gasteiger partial charge in [-0.3, -0.25) is 4.21 Å². The van der Waals surface area contributed by atoms with Crippen molar-refractivity contribution >= 4 is 26.7 Å². The molecular formula is C17H20BrNOS. The van der Waals surface area contributed by atoms with E-state index in [-0.39, 0.29) is 6.04 Å². The molecule has 2 atom stereocenters. The second-order valence-electron chi connectivity index (χ2n) is 5.36. The van der Waals surface area contributed by atoms with Crippen LogP contribution >= 0.6 is 15.9 Å². The Morgan fingerprint density at radius 1 is 1.14 bits per heavy atom. The van der Waals surface area contributed by atoms with Crippen LogP contribution < -0.4 is 5.73 Å². The van der Waals surface area contributed by atoms with Crippen LogP contribution in [0.25, 0.3) is 0 Å². The van der Waals surface area contributed by atoms with E-state index < -0.39 is 10.8 Å². The summed E-state index contributed by atoms with van der Waals surface area (Å²) in [5.41, 5.74) is 11.0. The van der Waals surface area contributed by atoms with Gasteiger partial charge in [0.2, 0.25) is 0 Å². The summed E-state index contributed by atoms with van der Waals surface area (Å²) < 4.78 is 13.4. The van der Waals surface area contributed by atoms with Crippen LogP contribution in [0.5, 0.6) is 0 Å². The minimum absolute atomic E-state index is 0.224. The molecule has 0 aliphatic rings. The largest absolute Gasteiger partial charge is 0.323 e. The maximum atomic E-state index is 12.5. The standard InChI is InChI=1S/C17H20BrNOS/c1-11-8-12(2)17(13(3)9-11)15(19)10-21(20)16-7-5-4-6-14(16)18/h4-9,15H,10,19H2,1-3H3. The third kappa shape index (κ3) is 3.82. The molecule has 0 spiro atoms. The van der Waals surface area contributed by atoms with Gasteiger partial charge in [0.1, 0.15) is 0 Å². The molecule has 2 aromatic rings. The second kappa shape index (κ2) is 6.86. The second-order valence-corrected chi connectivity index (χ2v) is 7.68. The highest BCUT2D eigenvalue weighted by Crippen LogP contribution is 2.26. The molecule has 2 N–H and O–H groups in total. The molecule has 2 aromatic carbocycles. The van der Waals surface area contributed by atoms with Crippen molar-refractivity contribution in [2.24, 2.45) is 5.73 Å². The van der Waals surface area contributed by atoms with Gasteiger partial charge in [0.25, 0.3) is 0 Å². The van der Waals surface area contributed by atoms with Gasteiger partial charge in [-0.15, -0.1) is 0 Å². The van der Waals surface area contributed by atoms with E-state index in [2.05, 4.69) is 48.8 Å². The molecule has 0 aliphatic heterocycles. The van der Waals surface area contributed by atoms with Crippen LogP contribution in [0.3, 0.4) is 0 Å². The minimum atomic E-state index is -1.12. The van der Waals surface area contributed by atoms with E-state index in [1.54, 1.807) is 0 Å². The Kier molecular flexibility index (Phi) is 5.36. The van der Waals surface area contributed by atoms with Gasteiger partial charge in [-0.05, 0) is 65.5 Å². The zero-order valence-electron chi connectivity index (χ0n) is 12.5. The van der Waals surface area contributed by atoms with Gasteiger partial charge < -0.3 is 5.73 Å². The Bertz CT molecular complexity index is 661. The Balaban J connectivity index is 2.25. The van der Waals surface area contributed by atoms with Crippen LogP contribution in [0.4, 0.5) is 0 Å². The summed E-state index contributed by atoms with van der Waals surface area (Å²) in [6.07, 6.45) is 0. The van der Waals surface area contributed by atoms with Crippen LogP contribution in [0.15, 0.2) is 45.8 Å². The predicted molar refractivity (Wildman–Crippen MR) is 93.0 cm³/mol. The fourth-order valence-corrected chi connectivity index (χ4v) is 4.76. The highest BCUT2D eigenvalue weighted by molar-refractivity contribution is 9.10. The fraction of sp³-hybridized carbons (Fsp3) is 0.294. The first-order valence-corrected chi connectivity index (χ1v) is 8.97. The van der Waals surface area contributed by atoms with Gasteiger partial charge in [-0.1, -0.05) is 29.8 Å². The number of rotatable bonds is 4. The van der Waals surface area contributed by atoms with Crippen molar-refractivity contribution in [1.82, 2.24) is 0 Å². The summed E-state index contributed by atoms with van der Waals surface area (Å²) in [7, 11) is -1.12. The molecule has 4 heteroatoms. The summed E-state index contributed by atoms with van der Waals surface area (Å²) in [6.45, 7) is 6.21. The monoisotopic (exact) mass is 365 g/mol. The Morgan fingerprint density at radius 3 is 2.29 bits per heavy atom. The lowest BCUT2D eigenvalue weighted by Gasteiger charge is -2.18. The van der Waals surface area contributed by atoms with Gasteiger partial charge in [-0.25, -0.2) is 0 Å². The van der Waals surface area contributed by atoms with Gasteiger partial charge in [0.15, 0.2) is 0 Å². The van der Waals surface area contributed by atoms with Gasteiger partial charge in [0, 0.05) is 16.3 Å². The van der Waals surface area contributed by atoms with Gasteiger partial charge in [-0.2, -0.15) is 0 Å². The van der Waals surface area contributed by atoms with Crippen molar-refractivity contribution in [2.75, 3.05) is 5.75 Å². The summed E-state index contributed by atoms with van der Waals surface area (Å²) in [4.78, 5) is 0.801. The first-order chi connectivity index (χ1) is 9.90.